The minimum atomic E-state index is -0.747. The van der Waals surface area contributed by atoms with Gasteiger partial charge in [-0.15, -0.1) is 0 Å². The van der Waals surface area contributed by atoms with Crippen molar-refractivity contribution in [3.8, 4) is 0 Å². The fourth-order valence-corrected chi connectivity index (χ4v) is 9.44. The van der Waals surface area contributed by atoms with Gasteiger partial charge < -0.3 is 20.4 Å². The van der Waals surface area contributed by atoms with Gasteiger partial charge in [0.05, 0.1) is 18.3 Å². The third kappa shape index (κ3) is 3.49. The van der Waals surface area contributed by atoms with Crippen molar-refractivity contribution in [1.82, 2.24) is 0 Å². The maximum Gasteiger partial charge on any atom is 0.303 e. The summed E-state index contributed by atoms with van der Waals surface area (Å²) in [6.45, 7) is 8.96. The zero-order chi connectivity index (χ0) is 22.7. The molecule has 0 amide bonds. The minimum absolute atomic E-state index is 0.0686. The van der Waals surface area contributed by atoms with Crippen LogP contribution in [0.4, 0.5) is 0 Å². The molecule has 31 heavy (non-hydrogen) atoms. The van der Waals surface area contributed by atoms with Gasteiger partial charge in [0.25, 0.3) is 0 Å². The molecule has 0 aromatic carbocycles. The Labute approximate surface area is 187 Å². The Hall–Kier alpha value is -0.650. The van der Waals surface area contributed by atoms with Crippen molar-refractivity contribution in [1.29, 1.82) is 0 Å². The van der Waals surface area contributed by atoms with Gasteiger partial charge in [0.2, 0.25) is 0 Å². The Morgan fingerprint density at radius 2 is 1.74 bits per heavy atom. The van der Waals surface area contributed by atoms with Crippen LogP contribution in [-0.4, -0.2) is 44.7 Å². The van der Waals surface area contributed by atoms with Gasteiger partial charge in [-0.1, -0.05) is 34.1 Å². The summed E-state index contributed by atoms with van der Waals surface area (Å²) < 4.78 is 0. The van der Waals surface area contributed by atoms with Gasteiger partial charge in [-0.3, -0.25) is 4.79 Å². The fraction of sp³-hybridized carbons (Fsp3) is 0.962. The molecule has 12 atom stereocenters. The number of aliphatic hydroxyl groups excluding tert-OH is 3. The second kappa shape index (κ2) is 8.29. The van der Waals surface area contributed by atoms with E-state index in [0.717, 1.165) is 44.9 Å². The van der Waals surface area contributed by atoms with Crippen LogP contribution in [0.2, 0.25) is 0 Å². The molecule has 4 saturated carbocycles. The lowest BCUT2D eigenvalue weighted by Gasteiger charge is -2.65. The van der Waals surface area contributed by atoms with Gasteiger partial charge in [-0.2, -0.15) is 0 Å². The van der Waals surface area contributed by atoms with Crippen LogP contribution in [-0.2, 0) is 4.79 Å². The summed E-state index contributed by atoms with van der Waals surface area (Å²) in [7, 11) is 0. The molecule has 0 aromatic rings. The molecule has 5 nitrogen and oxygen atoms in total. The van der Waals surface area contributed by atoms with E-state index in [1.165, 1.54) is 0 Å². The van der Waals surface area contributed by atoms with Crippen molar-refractivity contribution < 1.29 is 25.2 Å². The first-order valence-electron chi connectivity index (χ1n) is 12.8. The van der Waals surface area contributed by atoms with Gasteiger partial charge in [0.15, 0.2) is 0 Å². The molecule has 0 saturated heterocycles. The van der Waals surface area contributed by atoms with E-state index in [0.29, 0.717) is 24.2 Å². The van der Waals surface area contributed by atoms with Crippen LogP contribution in [0.3, 0.4) is 0 Å². The van der Waals surface area contributed by atoms with E-state index in [4.69, 9.17) is 5.11 Å². The Bertz CT molecular complexity index is 681. The van der Waals surface area contributed by atoms with Crippen molar-refractivity contribution in [3.63, 3.8) is 0 Å². The SMILES string of the molecule is CC[C@H]1[C@@H](O)[C@H]2C3CCC([C@H](C)CCC(=O)O)[C@@]3(C)[C@@H](O)CC2[C@@]2(C)CC[C@@H](O)C[C@@H]12. The molecular weight excluding hydrogens is 392 g/mol. The molecule has 0 radical (unpaired) electrons. The first kappa shape index (κ1) is 23.5. The number of fused-ring (bicyclic) bond motifs is 5. The standard InChI is InChI=1S/C26H44O5/c1-5-16-19-12-15(27)10-11-25(19,3)20-13-21(28)26(4)17(14(2)6-9-22(29)30)7-8-18(26)23(20)24(16)31/h14-21,23-24,27-28,31H,5-13H2,1-4H3,(H,29,30)/t14-,15-,16-,17?,18?,19+,20?,21+,23+,24-,25+,26-/m1/s1. The molecule has 0 heterocycles. The highest BCUT2D eigenvalue weighted by Gasteiger charge is 2.67. The number of carbonyl (C=O) groups is 1. The molecule has 5 heteroatoms. The van der Waals surface area contributed by atoms with E-state index in [2.05, 4.69) is 27.7 Å². The molecule has 0 bridgehead atoms. The fourth-order valence-electron chi connectivity index (χ4n) is 9.44. The van der Waals surface area contributed by atoms with Gasteiger partial charge in [0, 0.05) is 6.42 Å². The number of hydrogen-bond acceptors (Lipinski definition) is 4. The molecule has 4 fully saturated rings. The van der Waals surface area contributed by atoms with E-state index in [-0.39, 0.29) is 53.1 Å². The number of hydrogen-bond donors (Lipinski definition) is 4. The Morgan fingerprint density at radius 1 is 1.03 bits per heavy atom. The molecule has 178 valence electrons. The van der Waals surface area contributed by atoms with Crippen molar-refractivity contribution in [2.24, 2.45) is 52.3 Å². The normalized spacial score (nSPS) is 52.7. The van der Waals surface area contributed by atoms with Crippen LogP contribution in [0, 0.1) is 52.3 Å². The van der Waals surface area contributed by atoms with Crippen LogP contribution in [0.5, 0.6) is 0 Å². The van der Waals surface area contributed by atoms with E-state index < -0.39 is 12.1 Å². The molecule has 0 spiro atoms. The van der Waals surface area contributed by atoms with Gasteiger partial charge in [0.1, 0.15) is 0 Å². The van der Waals surface area contributed by atoms with Gasteiger partial charge >= 0.3 is 5.97 Å². The highest BCUT2D eigenvalue weighted by atomic mass is 16.4. The summed E-state index contributed by atoms with van der Waals surface area (Å²) in [4.78, 5) is 11.1. The predicted molar refractivity (Wildman–Crippen MR) is 119 cm³/mol. The molecule has 0 aromatic heterocycles. The molecule has 4 aliphatic carbocycles. The lowest BCUT2D eigenvalue weighted by atomic mass is 9.41. The quantitative estimate of drug-likeness (QED) is 0.520. The predicted octanol–water partition coefficient (Wildman–Crippen LogP) is 4.08. The summed E-state index contributed by atoms with van der Waals surface area (Å²) in [6.07, 6.45) is 6.09. The second-order valence-corrected chi connectivity index (χ2v) is 12.1. The number of aliphatic hydroxyl groups is 3. The zero-order valence-electron chi connectivity index (χ0n) is 19.8. The largest absolute Gasteiger partial charge is 0.481 e. The smallest absolute Gasteiger partial charge is 0.303 e. The van der Waals surface area contributed by atoms with E-state index in [9.17, 15) is 20.1 Å². The summed E-state index contributed by atoms with van der Waals surface area (Å²) in [5.41, 5.74) is -0.186. The average molecular weight is 437 g/mol. The molecule has 3 unspecified atom stereocenters. The Balaban J connectivity index is 1.66. The molecule has 4 rings (SSSR count). The summed E-state index contributed by atoms with van der Waals surface area (Å²) in [5, 5.41) is 42.9. The summed E-state index contributed by atoms with van der Waals surface area (Å²) in [5.74, 6) is 1.13. The number of carboxylic acids is 1. The summed E-state index contributed by atoms with van der Waals surface area (Å²) in [6, 6.07) is 0. The maximum atomic E-state index is 11.7. The van der Waals surface area contributed by atoms with E-state index >= 15 is 0 Å². The average Bonchev–Trinajstić information content (AvgIpc) is 3.07. The Kier molecular flexibility index (Phi) is 6.28. The number of rotatable bonds is 5. The Morgan fingerprint density at radius 3 is 2.39 bits per heavy atom. The van der Waals surface area contributed by atoms with E-state index in [1.807, 2.05) is 0 Å². The molecule has 0 aliphatic heterocycles. The minimum Gasteiger partial charge on any atom is -0.481 e. The van der Waals surface area contributed by atoms with Crippen LogP contribution in [0.25, 0.3) is 0 Å². The highest BCUT2D eigenvalue weighted by molar-refractivity contribution is 5.66. The van der Waals surface area contributed by atoms with Gasteiger partial charge in [-0.05, 0) is 97.2 Å². The zero-order valence-corrected chi connectivity index (χ0v) is 19.8. The maximum absolute atomic E-state index is 11.7. The van der Waals surface area contributed by atoms with E-state index in [1.54, 1.807) is 0 Å². The van der Waals surface area contributed by atoms with Crippen molar-refractivity contribution >= 4 is 5.97 Å². The lowest BCUT2D eigenvalue weighted by Crippen LogP contribution is -2.65. The summed E-state index contributed by atoms with van der Waals surface area (Å²) >= 11 is 0. The van der Waals surface area contributed by atoms with Crippen molar-refractivity contribution in [2.75, 3.05) is 0 Å². The highest BCUT2D eigenvalue weighted by Crippen LogP contribution is 2.69. The van der Waals surface area contributed by atoms with Crippen LogP contribution in [0.1, 0.15) is 85.5 Å². The second-order valence-electron chi connectivity index (χ2n) is 12.1. The lowest BCUT2D eigenvalue weighted by molar-refractivity contribution is -0.228. The third-order valence-corrected chi connectivity index (χ3v) is 11.1. The van der Waals surface area contributed by atoms with Crippen molar-refractivity contribution in [3.05, 3.63) is 0 Å². The van der Waals surface area contributed by atoms with Crippen LogP contribution in [0.15, 0.2) is 0 Å². The number of carboxylic acid groups (broad SMARTS) is 1. The van der Waals surface area contributed by atoms with Crippen LogP contribution >= 0.6 is 0 Å². The molecular formula is C26H44O5. The van der Waals surface area contributed by atoms with Crippen LogP contribution < -0.4 is 0 Å². The first-order chi connectivity index (χ1) is 14.6. The first-order valence-corrected chi connectivity index (χ1v) is 12.8. The number of aliphatic carboxylic acids is 1. The topological polar surface area (TPSA) is 98.0 Å². The molecule has 4 aliphatic rings. The monoisotopic (exact) mass is 436 g/mol. The van der Waals surface area contributed by atoms with Crippen molar-refractivity contribution in [2.45, 2.75) is 104 Å². The van der Waals surface area contributed by atoms with Gasteiger partial charge in [-0.25, -0.2) is 0 Å². The third-order valence-electron chi connectivity index (χ3n) is 11.1. The molecule has 4 N–H and O–H groups in total.